The molecule has 22 heavy (non-hydrogen) atoms. The molecule has 0 saturated carbocycles. The van der Waals surface area contributed by atoms with E-state index in [-0.39, 0.29) is 11.2 Å². The monoisotopic (exact) mass is 296 g/mol. The zero-order chi connectivity index (χ0) is 15.9. The zero-order valence-electron chi connectivity index (χ0n) is 12.6. The highest BCUT2D eigenvalue weighted by molar-refractivity contribution is 5.82. The number of hydrogen-bond acceptors (Lipinski definition) is 4. The normalized spacial score (nSPS) is 10.9. The van der Waals surface area contributed by atoms with E-state index in [0.717, 1.165) is 11.1 Å². The number of benzene rings is 2. The Balaban J connectivity index is 2.28. The summed E-state index contributed by atoms with van der Waals surface area (Å²) < 4.78 is 11.0. The molecule has 3 aromatic rings. The van der Waals surface area contributed by atoms with E-state index in [1.165, 1.54) is 19.2 Å². The van der Waals surface area contributed by atoms with Gasteiger partial charge in [0.2, 0.25) is 0 Å². The highest BCUT2D eigenvalue weighted by Gasteiger charge is 2.12. The first-order chi connectivity index (χ1) is 10.5. The standard InChI is InChI=1S/C18H16O4/c1-10-4-6-13-15(20)9-16(22-18(13)11(10)2)12-5-7-14(19)17(8-12)21-3/h4-9,19H,1-3H3. The van der Waals surface area contributed by atoms with Crippen molar-refractivity contribution in [3.63, 3.8) is 0 Å². The SMILES string of the molecule is COc1cc(-c2cc(=O)c3ccc(C)c(C)c3o2)ccc1O. The molecule has 0 atom stereocenters. The van der Waals surface area contributed by atoms with Crippen molar-refractivity contribution in [2.75, 3.05) is 7.11 Å². The van der Waals surface area contributed by atoms with Crippen LogP contribution in [0.2, 0.25) is 0 Å². The van der Waals surface area contributed by atoms with Crippen molar-refractivity contribution in [1.82, 2.24) is 0 Å². The molecule has 0 aliphatic carbocycles. The van der Waals surface area contributed by atoms with E-state index in [9.17, 15) is 9.90 Å². The predicted molar refractivity (Wildman–Crippen MR) is 85.6 cm³/mol. The van der Waals surface area contributed by atoms with Crippen molar-refractivity contribution < 1.29 is 14.3 Å². The van der Waals surface area contributed by atoms with Crippen LogP contribution in [0.25, 0.3) is 22.3 Å². The lowest BCUT2D eigenvalue weighted by Crippen LogP contribution is -2.02. The Kier molecular flexibility index (Phi) is 3.37. The fourth-order valence-corrected chi connectivity index (χ4v) is 2.43. The van der Waals surface area contributed by atoms with Gasteiger partial charge in [-0.15, -0.1) is 0 Å². The molecule has 0 radical (unpaired) electrons. The molecule has 0 bridgehead atoms. The fraction of sp³-hybridized carbons (Fsp3) is 0.167. The van der Waals surface area contributed by atoms with Crippen molar-refractivity contribution in [2.24, 2.45) is 0 Å². The Bertz CT molecular complexity index is 922. The average molecular weight is 296 g/mol. The minimum absolute atomic E-state index is 0.0430. The van der Waals surface area contributed by atoms with Gasteiger partial charge in [-0.2, -0.15) is 0 Å². The summed E-state index contributed by atoms with van der Waals surface area (Å²) in [4.78, 5) is 12.3. The first-order valence-corrected chi connectivity index (χ1v) is 6.92. The van der Waals surface area contributed by atoms with Gasteiger partial charge in [0, 0.05) is 11.6 Å². The molecule has 3 rings (SSSR count). The molecule has 0 aliphatic rings. The van der Waals surface area contributed by atoms with E-state index in [2.05, 4.69) is 0 Å². The lowest BCUT2D eigenvalue weighted by atomic mass is 10.0. The van der Waals surface area contributed by atoms with E-state index >= 15 is 0 Å². The highest BCUT2D eigenvalue weighted by Crippen LogP contribution is 2.32. The van der Waals surface area contributed by atoms with Crippen LogP contribution in [0.3, 0.4) is 0 Å². The lowest BCUT2D eigenvalue weighted by molar-refractivity contribution is 0.373. The highest BCUT2D eigenvalue weighted by atomic mass is 16.5. The number of phenolic OH excluding ortho intramolecular Hbond substituents is 1. The Hall–Kier alpha value is -2.75. The summed E-state index contributed by atoms with van der Waals surface area (Å²) in [5.74, 6) is 0.826. The number of fused-ring (bicyclic) bond motifs is 1. The lowest BCUT2D eigenvalue weighted by Gasteiger charge is -2.09. The van der Waals surface area contributed by atoms with Crippen LogP contribution in [-0.4, -0.2) is 12.2 Å². The van der Waals surface area contributed by atoms with Crippen LogP contribution in [0.1, 0.15) is 11.1 Å². The molecule has 4 heteroatoms. The first kappa shape index (κ1) is 14.2. The maximum absolute atomic E-state index is 12.3. The topological polar surface area (TPSA) is 59.7 Å². The molecule has 0 unspecified atom stereocenters. The zero-order valence-corrected chi connectivity index (χ0v) is 12.6. The Morgan fingerprint density at radius 3 is 2.59 bits per heavy atom. The van der Waals surface area contributed by atoms with Crippen LogP contribution < -0.4 is 10.2 Å². The number of aromatic hydroxyl groups is 1. The van der Waals surface area contributed by atoms with Crippen LogP contribution in [0.15, 0.2) is 45.6 Å². The van der Waals surface area contributed by atoms with Gasteiger partial charge >= 0.3 is 0 Å². The molecule has 112 valence electrons. The third-order valence-corrected chi connectivity index (χ3v) is 3.88. The summed E-state index contributed by atoms with van der Waals surface area (Å²) in [7, 11) is 1.48. The van der Waals surface area contributed by atoms with Gasteiger partial charge in [-0.1, -0.05) is 6.07 Å². The van der Waals surface area contributed by atoms with Gasteiger partial charge in [0.05, 0.1) is 12.5 Å². The predicted octanol–water partition coefficient (Wildman–Crippen LogP) is 3.79. The van der Waals surface area contributed by atoms with Crippen LogP contribution in [-0.2, 0) is 0 Å². The van der Waals surface area contributed by atoms with Crippen LogP contribution in [0, 0.1) is 13.8 Å². The molecule has 0 aliphatic heterocycles. The number of rotatable bonds is 2. The molecule has 2 aromatic carbocycles. The summed E-state index contributed by atoms with van der Waals surface area (Å²) >= 11 is 0. The second-order valence-electron chi connectivity index (χ2n) is 5.25. The number of phenols is 1. The Morgan fingerprint density at radius 2 is 1.86 bits per heavy atom. The van der Waals surface area contributed by atoms with Gasteiger partial charge < -0.3 is 14.3 Å². The van der Waals surface area contributed by atoms with Gasteiger partial charge in [-0.3, -0.25) is 4.79 Å². The number of hydrogen-bond donors (Lipinski definition) is 1. The summed E-state index contributed by atoms with van der Waals surface area (Å²) in [6.45, 7) is 3.91. The maximum atomic E-state index is 12.3. The molecule has 0 saturated heterocycles. The summed E-state index contributed by atoms with van der Waals surface area (Å²) in [5.41, 5.74) is 3.19. The summed E-state index contributed by atoms with van der Waals surface area (Å²) in [6, 6.07) is 10.0. The molecule has 0 fully saturated rings. The Labute approximate surface area is 127 Å². The molecule has 0 amide bonds. The molecule has 4 nitrogen and oxygen atoms in total. The van der Waals surface area contributed by atoms with Crippen molar-refractivity contribution >= 4 is 11.0 Å². The molecule has 0 spiro atoms. The smallest absolute Gasteiger partial charge is 0.193 e. The molecular formula is C18H16O4. The van der Waals surface area contributed by atoms with Crippen LogP contribution in [0.5, 0.6) is 11.5 Å². The van der Waals surface area contributed by atoms with E-state index < -0.39 is 0 Å². The van der Waals surface area contributed by atoms with Gasteiger partial charge in [-0.05, 0) is 49.2 Å². The van der Waals surface area contributed by atoms with Crippen LogP contribution >= 0.6 is 0 Å². The Morgan fingerprint density at radius 1 is 1.09 bits per heavy atom. The largest absolute Gasteiger partial charge is 0.504 e. The van der Waals surface area contributed by atoms with E-state index in [4.69, 9.17) is 9.15 Å². The van der Waals surface area contributed by atoms with Crippen molar-refractivity contribution in [1.29, 1.82) is 0 Å². The van der Waals surface area contributed by atoms with Gasteiger partial charge in [0.25, 0.3) is 0 Å². The quantitative estimate of drug-likeness (QED) is 0.781. The van der Waals surface area contributed by atoms with E-state index in [0.29, 0.717) is 28.0 Å². The first-order valence-electron chi connectivity index (χ1n) is 6.92. The fourth-order valence-electron chi connectivity index (χ4n) is 2.43. The third kappa shape index (κ3) is 2.22. The van der Waals surface area contributed by atoms with Crippen LogP contribution in [0.4, 0.5) is 0 Å². The van der Waals surface area contributed by atoms with Gasteiger partial charge in [0.1, 0.15) is 11.3 Å². The molecule has 1 aromatic heterocycles. The molecule has 1 heterocycles. The van der Waals surface area contributed by atoms with Crippen molar-refractivity contribution in [3.05, 3.63) is 57.7 Å². The minimum atomic E-state index is -0.0913. The van der Waals surface area contributed by atoms with E-state index in [1.54, 1.807) is 18.2 Å². The minimum Gasteiger partial charge on any atom is -0.504 e. The molecule has 1 N–H and O–H groups in total. The van der Waals surface area contributed by atoms with Gasteiger partial charge in [-0.25, -0.2) is 0 Å². The second-order valence-corrected chi connectivity index (χ2v) is 5.25. The number of methoxy groups -OCH3 is 1. The summed E-state index contributed by atoms with van der Waals surface area (Å²) in [5, 5.41) is 10.2. The second kappa shape index (κ2) is 5.22. The third-order valence-electron chi connectivity index (χ3n) is 3.88. The van der Waals surface area contributed by atoms with E-state index in [1.807, 2.05) is 19.9 Å². The van der Waals surface area contributed by atoms with Crippen molar-refractivity contribution in [3.8, 4) is 22.8 Å². The van der Waals surface area contributed by atoms with Gasteiger partial charge in [0.15, 0.2) is 16.9 Å². The number of aryl methyl sites for hydroxylation is 2. The van der Waals surface area contributed by atoms with Crippen molar-refractivity contribution in [2.45, 2.75) is 13.8 Å². The summed E-state index contributed by atoms with van der Waals surface area (Å²) in [6.07, 6.45) is 0. The average Bonchev–Trinajstić information content (AvgIpc) is 2.51. The molecular weight excluding hydrogens is 280 g/mol. The number of ether oxygens (including phenoxy) is 1. The maximum Gasteiger partial charge on any atom is 0.193 e.